The summed E-state index contributed by atoms with van der Waals surface area (Å²) >= 11 is 0. The summed E-state index contributed by atoms with van der Waals surface area (Å²) in [6, 6.07) is 10.6. The first-order valence-electron chi connectivity index (χ1n) is 8.41. The lowest BCUT2D eigenvalue weighted by atomic mass is 10.1. The number of aromatic nitrogens is 1. The SMILES string of the molecule is CCn1cc(C(=O)O)c(=O)c2ccc(N=Nc3cc(C)ccc3OC)cc21. The van der Waals surface area contributed by atoms with E-state index in [9.17, 15) is 14.7 Å². The number of benzene rings is 2. The van der Waals surface area contributed by atoms with E-state index in [1.54, 1.807) is 29.9 Å². The molecule has 0 radical (unpaired) electrons. The molecule has 0 amide bonds. The second kappa shape index (κ2) is 7.41. The molecule has 0 saturated heterocycles. The van der Waals surface area contributed by atoms with Crippen LogP contribution in [-0.4, -0.2) is 22.8 Å². The monoisotopic (exact) mass is 365 g/mol. The van der Waals surface area contributed by atoms with Gasteiger partial charge >= 0.3 is 5.97 Å². The van der Waals surface area contributed by atoms with E-state index in [4.69, 9.17) is 4.74 Å². The molecule has 1 aromatic heterocycles. The maximum atomic E-state index is 12.4. The van der Waals surface area contributed by atoms with Gasteiger partial charge in [-0.3, -0.25) is 4.79 Å². The third kappa shape index (κ3) is 3.57. The molecule has 2 aromatic carbocycles. The Morgan fingerprint density at radius 2 is 1.96 bits per heavy atom. The van der Waals surface area contributed by atoms with Crippen molar-refractivity contribution in [1.82, 2.24) is 4.57 Å². The van der Waals surface area contributed by atoms with Crippen LogP contribution in [-0.2, 0) is 6.54 Å². The van der Waals surface area contributed by atoms with E-state index in [2.05, 4.69) is 10.2 Å². The van der Waals surface area contributed by atoms with Crippen LogP contribution in [0.5, 0.6) is 5.75 Å². The third-order valence-corrected chi connectivity index (χ3v) is 4.24. The Morgan fingerprint density at radius 3 is 2.63 bits per heavy atom. The van der Waals surface area contributed by atoms with Gasteiger partial charge in [-0.2, -0.15) is 5.11 Å². The molecule has 0 spiro atoms. The summed E-state index contributed by atoms with van der Waals surface area (Å²) in [6.07, 6.45) is 1.36. The predicted octanol–water partition coefficient (Wildman–Crippen LogP) is 4.45. The standard InChI is InChI=1S/C20H19N3O4/c1-4-23-11-15(20(25)26)19(24)14-7-6-13(10-17(14)23)21-22-16-9-12(2)5-8-18(16)27-3/h5-11H,4H2,1-3H3,(H,25,26). The molecule has 0 aliphatic heterocycles. The normalized spacial score (nSPS) is 11.2. The molecule has 3 aromatic rings. The molecule has 0 atom stereocenters. The number of carboxylic acid groups (broad SMARTS) is 1. The van der Waals surface area contributed by atoms with E-state index in [0.717, 1.165) is 5.56 Å². The first-order valence-corrected chi connectivity index (χ1v) is 8.41. The minimum Gasteiger partial charge on any atom is -0.494 e. The van der Waals surface area contributed by atoms with Crippen molar-refractivity contribution in [3.63, 3.8) is 0 Å². The quantitative estimate of drug-likeness (QED) is 0.676. The first kappa shape index (κ1) is 18.3. The van der Waals surface area contributed by atoms with Gasteiger partial charge in [-0.05, 0) is 49.7 Å². The largest absolute Gasteiger partial charge is 0.494 e. The number of ether oxygens (including phenoxy) is 1. The highest BCUT2D eigenvalue weighted by atomic mass is 16.5. The second-order valence-electron chi connectivity index (χ2n) is 6.04. The molecular formula is C20H19N3O4. The van der Waals surface area contributed by atoms with Gasteiger partial charge in [0.05, 0.1) is 18.3 Å². The highest BCUT2D eigenvalue weighted by molar-refractivity contribution is 5.93. The van der Waals surface area contributed by atoms with Crippen molar-refractivity contribution in [1.29, 1.82) is 0 Å². The number of nitrogens with zero attached hydrogens (tertiary/aromatic N) is 3. The Labute approximate surface area is 155 Å². The van der Waals surface area contributed by atoms with Gasteiger partial charge in [0.2, 0.25) is 5.43 Å². The first-order chi connectivity index (χ1) is 12.9. The zero-order chi connectivity index (χ0) is 19.6. The van der Waals surface area contributed by atoms with E-state index in [0.29, 0.717) is 34.6 Å². The van der Waals surface area contributed by atoms with Gasteiger partial charge in [0.25, 0.3) is 0 Å². The molecule has 7 nitrogen and oxygen atoms in total. The van der Waals surface area contributed by atoms with Crippen LogP contribution >= 0.6 is 0 Å². The molecule has 0 bridgehead atoms. The number of hydrogen-bond donors (Lipinski definition) is 1. The van der Waals surface area contributed by atoms with Crippen LogP contribution in [0.1, 0.15) is 22.8 Å². The number of aryl methyl sites for hydroxylation is 2. The summed E-state index contributed by atoms with van der Waals surface area (Å²) in [6.45, 7) is 4.35. The van der Waals surface area contributed by atoms with Crippen molar-refractivity contribution in [2.45, 2.75) is 20.4 Å². The average molecular weight is 365 g/mol. The highest BCUT2D eigenvalue weighted by Crippen LogP contribution is 2.30. The number of pyridine rings is 1. The van der Waals surface area contributed by atoms with Gasteiger partial charge in [0.15, 0.2) is 0 Å². The molecule has 1 N–H and O–H groups in total. The van der Waals surface area contributed by atoms with Crippen molar-refractivity contribution in [3.05, 3.63) is 63.9 Å². The van der Waals surface area contributed by atoms with E-state index >= 15 is 0 Å². The molecule has 1 heterocycles. The van der Waals surface area contributed by atoms with E-state index < -0.39 is 11.4 Å². The van der Waals surface area contributed by atoms with Crippen molar-refractivity contribution in [3.8, 4) is 5.75 Å². The number of carbonyl (C=O) groups is 1. The summed E-state index contributed by atoms with van der Waals surface area (Å²) in [4.78, 5) is 23.7. The maximum absolute atomic E-state index is 12.4. The summed E-state index contributed by atoms with van der Waals surface area (Å²) in [5.74, 6) is -0.624. The van der Waals surface area contributed by atoms with Crippen molar-refractivity contribution in [2.75, 3.05) is 7.11 Å². The molecule has 0 saturated carbocycles. The van der Waals surface area contributed by atoms with Crippen LogP contribution < -0.4 is 10.2 Å². The number of aromatic carboxylic acids is 1. The average Bonchev–Trinajstić information content (AvgIpc) is 2.66. The van der Waals surface area contributed by atoms with Crippen LogP contribution in [0.25, 0.3) is 10.9 Å². The van der Waals surface area contributed by atoms with Crippen LogP contribution in [0.3, 0.4) is 0 Å². The van der Waals surface area contributed by atoms with Crippen molar-refractivity contribution < 1.29 is 14.6 Å². The van der Waals surface area contributed by atoms with Crippen molar-refractivity contribution >= 4 is 28.2 Å². The van der Waals surface area contributed by atoms with Gasteiger partial charge in [-0.15, -0.1) is 5.11 Å². The Balaban J connectivity index is 2.10. The van der Waals surface area contributed by atoms with Crippen LogP contribution in [0.15, 0.2) is 57.6 Å². The fraction of sp³-hybridized carbons (Fsp3) is 0.200. The lowest BCUT2D eigenvalue weighted by Gasteiger charge is -2.10. The molecule has 0 aliphatic carbocycles. The fourth-order valence-electron chi connectivity index (χ4n) is 2.84. The topological polar surface area (TPSA) is 93.2 Å². The number of methoxy groups -OCH3 is 1. The summed E-state index contributed by atoms with van der Waals surface area (Å²) in [5, 5.41) is 18.1. The van der Waals surface area contributed by atoms with Gasteiger partial charge in [-0.1, -0.05) is 6.07 Å². The summed E-state index contributed by atoms with van der Waals surface area (Å²) < 4.78 is 7.01. The van der Waals surface area contributed by atoms with Gasteiger partial charge in [0, 0.05) is 18.1 Å². The Bertz CT molecular complexity index is 1120. The summed E-state index contributed by atoms with van der Waals surface area (Å²) in [7, 11) is 1.57. The van der Waals surface area contributed by atoms with E-state index in [1.165, 1.54) is 6.20 Å². The number of carboxylic acids is 1. The van der Waals surface area contributed by atoms with Gasteiger partial charge < -0.3 is 14.4 Å². The number of hydrogen-bond acceptors (Lipinski definition) is 5. The molecule has 138 valence electrons. The highest BCUT2D eigenvalue weighted by Gasteiger charge is 2.14. The van der Waals surface area contributed by atoms with Crippen LogP contribution in [0.2, 0.25) is 0 Å². The third-order valence-electron chi connectivity index (χ3n) is 4.24. The van der Waals surface area contributed by atoms with Crippen molar-refractivity contribution in [2.24, 2.45) is 10.2 Å². The molecule has 3 rings (SSSR count). The zero-order valence-electron chi connectivity index (χ0n) is 15.3. The van der Waals surface area contributed by atoms with Gasteiger partial charge in [0.1, 0.15) is 17.0 Å². The van der Waals surface area contributed by atoms with E-state index in [1.807, 2.05) is 32.0 Å². The molecule has 0 fully saturated rings. The minimum absolute atomic E-state index is 0.247. The molecule has 7 heteroatoms. The van der Waals surface area contributed by atoms with Crippen LogP contribution in [0, 0.1) is 6.92 Å². The van der Waals surface area contributed by atoms with E-state index in [-0.39, 0.29) is 5.56 Å². The lowest BCUT2D eigenvalue weighted by Crippen LogP contribution is -2.18. The minimum atomic E-state index is -1.24. The number of fused-ring (bicyclic) bond motifs is 1. The Morgan fingerprint density at radius 1 is 1.19 bits per heavy atom. The van der Waals surface area contributed by atoms with Crippen LogP contribution in [0.4, 0.5) is 11.4 Å². The zero-order valence-corrected chi connectivity index (χ0v) is 15.3. The number of azo groups is 1. The summed E-state index contributed by atoms with van der Waals surface area (Å²) in [5.41, 5.74) is 2.04. The molecule has 0 aliphatic rings. The van der Waals surface area contributed by atoms with Gasteiger partial charge in [-0.25, -0.2) is 4.79 Å². The molecule has 27 heavy (non-hydrogen) atoms. The Kier molecular flexibility index (Phi) is 5.03. The second-order valence-corrected chi connectivity index (χ2v) is 6.04. The fourth-order valence-corrected chi connectivity index (χ4v) is 2.84. The lowest BCUT2D eigenvalue weighted by molar-refractivity contribution is 0.0695. The smallest absolute Gasteiger partial charge is 0.341 e. The predicted molar refractivity (Wildman–Crippen MR) is 103 cm³/mol. The molecular weight excluding hydrogens is 346 g/mol. The molecule has 0 unspecified atom stereocenters. The maximum Gasteiger partial charge on any atom is 0.341 e. The Hall–Kier alpha value is -3.48. The number of rotatable bonds is 5.